The molecule has 3 heteroatoms. The lowest BCUT2D eigenvalue weighted by molar-refractivity contribution is 0.153. The first kappa shape index (κ1) is 14.9. The van der Waals surface area contributed by atoms with Gasteiger partial charge in [-0.25, -0.2) is 0 Å². The maximum absolute atomic E-state index is 5.77. The minimum absolute atomic E-state index is 0.0100. The summed E-state index contributed by atoms with van der Waals surface area (Å²) in [5, 5.41) is 0. The molecule has 1 fully saturated rings. The Labute approximate surface area is 112 Å². The Morgan fingerprint density at radius 2 is 2.06 bits per heavy atom. The summed E-state index contributed by atoms with van der Waals surface area (Å²) in [6.07, 6.45) is 6.56. The molecule has 0 saturated heterocycles. The van der Waals surface area contributed by atoms with Crippen molar-refractivity contribution in [2.75, 3.05) is 13.6 Å². The SMILES string of the molecule is CC1CCCC(N(C)CCC(C)(C)C(N)=S)C1. The Bertz CT molecular complexity index is 263. The number of rotatable bonds is 5. The van der Waals surface area contributed by atoms with E-state index in [0.29, 0.717) is 4.99 Å². The Morgan fingerprint density at radius 3 is 2.59 bits per heavy atom. The van der Waals surface area contributed by atoms with E-state index in [9.17, 15) is 0 Å². The fourth-order valence-electron chi connectivity index (χ4n) is 2.56. The van der Waals surface area contributed by atoms with Crippen LogP contribution >= 0.6 is 12.2 Å². The molecule has 0 radical (unpaired) electrons. The number of nitrogens with two attached hydrogens (primary N) is 1. The molecule has 17 heavy (non-hydrogen) atoms. The second kappa shape index (κ2) is 6.14. The van der Waals surface area contributed by atoms with E-state index in [-0.39, 0.29) is 5.41 Å². The standard InChI is InChI=1S/C14H28N2S/c1-11-6-5-7-12(10-11)16(4)9-8-14(2,3)13(15)17/h11-12H,5-10H2,1-4H3,(H2,15,17). The number of thiocarbonyl (C=S) groups is 1. The van der Waals surface area contributed by atoms with Gasteiger partial charge in [-0.1, -0.05) is 45.8 Å². The molecule has 1 aliphatic rings. The Hall–Kier alpha value is -0.150. The van der Waals surface area contributed by atoms with Crippen LogP contribution in [0, 0.1) is 11.3 Å². The summed E-state index contributed by atoms with van der Waals surface area (Å²) < 4.78 is 0. The highest BCUT2D eigenvalue weighted by molar-refractivity contribution is 7.80. The minimum Gasteiger partial charge on any atom is -0.393 e. The molecule has 2 nitrogen and oxygen atoms in total. The molecular weight excluding hydrogens is 228 g/mol. The molecule has 0 aliphatic heterocycles. The first-order valence-electron chi connectivity index (χ1n) is 6.83. The van der Waals surface area contributed by atoms with Gasteiger partial charge in [0, 0.05) is 11.5 Å². The maximum atomic E-state index is 5.77. The maximum Gasteiger partial charge on any atom is 0.0784 e. The number of nitrogens with zero attached hydrogens (tertiary/aromatic N) is 1. The van der Waals surface area contributed by atoms with Gasteiger partial charge >= 0.3 is 0 Å². The van der Waals surface area contributed by atoms with Crippen molar-refractivity contribution in [1.29, 1.82) is 0 Å². The van der Waals surface area contributed by atoms with Crippen molar-refractivity contribution in [2.24, 2.45) is 17.1 Å². The monoisotopic (exact) mass is 256 g/mol. The smallest absolute Gasteiger partial charge is 0.0784 e. The van der Waals surface area contributed by atoms with E-state index in [1.807, 2.05) is 0 Å². The van der Waals surface area contributed by atoms with Gasteiger partial charge in [0.2, 0.25) is 0 Å². The van der Waals surface area contributed by atoms with Crippen molar-refractivity contribution in [3.8, 4) is 0 Å². The van der Waals surface area contributed by atoms with E-state index in [0.717, 1.165) is 24.9 Å². The summed E-state index contributed by atoms with van der Waals surface area (Å²) in [6.45, 7) is 7.76. The summed E-state index contributed by atoms with van der Waals surface area (Å²) in [6, 6.07) is 0.765. The van der Waals surface area contributed by atoms with Crippen molar-refractivity contribution < 1.29 is 0 Å². The van der Waals surface area contributed by atoms with Crippen molar-refractivity contribution in [1.82, 2.24) is 4.90 Å². The van der Waals surface area contributed by atoms with Gasteiger partial charge in [-0.3, -0.25) is 0 Å². The molecule has 0 amide bonds. The zero-order valence-electron chi connectivity index (χ0n) is 11.8. The second-order valence-corrected chi connectivity index (χ2v) is 6.84. The predicted octanol–water partition coefficient (Wildman–Crippen LogP) is 3.20. The first-order valence-corrected chi connectivity index (χ1v) is 7.24. The Balaban J connectivity index is 2.38. The van der Waals surface area contributed by atoms with Gasteiger partial charge in [0.25, 0.3) is 0 Å². The van der Waals surface area contributed by atoms with E-state index < -0.39 is 0 Å². The molecule has 0 heterocycles. The van der Waals surface area contributed by atoms with Gasteiger partial charge in [-0.2, -0.15) is 0 Å². The van der Waals surface area contributed by atoms with Crippen molar-refractivity contribution in [2.45, 2.75) is 58.9 Å². The van der Waals surface area contributed by atoms with Crippen LogP contribution in [0.25, 0.3) is 0 Å². The molecule has 2 atom stereocenters. The zero-order chi connectivity index (χ0) is 13.1. The largest absolute Gasteiger partial charge is 0.393 e. The topological polar surface area (TPSA) is 29.3 Å². The highest BCUT2D eigenvalue weighted by Crippen LogP contribution is 2.28. The highest BCUT2D eigenvalue weighted by atomic mass is 32.1. The average molecular weight is 256 g/mol. The van der Waals surface area contributed by atoms with Crippen LogP contribution in [0.2, 0.25) is 0 Å². The lowest BCUT2D eigenvalue weighted by Crippen LogP contribution is -2.39. The van der Waals surface area contributed by atoms with E-state index in [2.05, 4.69) is 32.7 Å². The third-order valence-electron chi connectivity index (χ3n) is 4.29. The van der Waals surface area contributed by atoms with Crippen LogP contribution in [0.4, 0.5) is 0 Å². The van der Waals surface area contributed by atoms with Crippen LogP contribution in [0.3, 0.4) is 0 Å². The van der Waals surface area contributed by atoms with Gasteiger partial charge in [-0.15, -0.1) is 0 Å². The molecule has 0 aromatic rings. The van der Waals surface area contributed by atoms with Crippen LogP contribution in [-0.4, -0.2) is 29.5 Å². The lowest BCUT2D eigenvalue weighted by atomic mass is 9.85. The van der Waals surface area contributed by atoms with Crippen LogP contribution in [0.15, 0.2) is 0 Å². The number of hydrogen-bond acceptors (Lipinski definition) is 2. The fourth-order valence-corrected chi connectivity index (χ4v) is 2.67. The second-order valence-electron chi connectivity index (χ2n) is 6.40. The third-order valence-corrected chi connectivity index (χ3v) is 4.84. The molecule has 0 bridgehead atoms. The third kappa shape index (κ3) is 4.55. The van der Waals surface area contributed by atoms with Crippen LogP contribution < -0.4 is 5.73 Å². The van der Waals surface area contributed by atoms with Gasteiger partial charge in [0.15, 0.2) is 0 Å². The van der Waals surface area contributed by atoms with Crippen molar-refractivity contribution in [3.63, 3.8) is 0 Å². The number of hydrogen-bond donors (Lipinski definition) is 1. The molecule has 1 saturated carbocycles. The minimum atomic E-state index is -0.0100. The average Bonchev–Trinajstić information content (AvgIpc) is 2.25. The van der Waals surface area contributed by atoms with Gasteiger partial charge in [0.1, 0.15) is 0 Å². The van der Waals surface area contributed by atoms with Crippen LogP contribution in [0.1, 0.15) is 52.9 Å². The molecule has 1 rings (SSSR count). The molecule has 2 N–H and O–H groups in total. The normalized spacial score (nSPS) is 26.2. The van der Waals surface area contributed by atoms with E-state index in [4.69, 9.17) is 18.0 Å². The Morgan fingerprint density at radius 1 is 1.41 bits per heavy atom. The predicted molar refractivity (Wildman–Crippen MR) is 79.2 cm³/mol. The molecule has 0 spiro atoms. The van der Waals surface area contributed by atoms with Gasteiger partial charge < -0.3 is 10.6 Å². The summed E-state index contributed by atoms with van der Waals surface area (Å²) in [5.74, 6) is 0.889. The first-order chi connectivity index (χ1) is 7.83. The quantitative estimate of drug-likeness (QED) is 0.766. The van der Waals surface area contributed by atoms with E-state index in [1.54, 1.807) is 0 Å². The highest BCUT2D eigenvalue weighted by Gasteiger charge is 2.25. The summed E-state index contributed by atoms with van der Waals surface area (Å²) in [5.41, 5.74) is 5.76. The summed E-state index contributed by atoms with van der Waals surface area (Å²) in [7, 11) is 2.25. The molecule has 1 aliphatic carbocycles. The van der Waals surface area contributed by atoms with Gasteiger partial charge in [0.05, 0.1) is 4.99 Å². The van der Waals surface area contributed by atoms with Crippen molar-refractivity contribution in [3.05, 3.63) is 0 Å². The Kier molecular flexibility index (Phi) is 5.39. The van der Waals surface area contributed by atoms with Crippen LogP contribution in [0.5, 0.6) is 0 Å². The van der Waals surface area contributed by atoms with E-state index in [1.165, 1.54) is 25.7 Å². The zero-order valence-corrected chi connectivity index (χ0v) is 12.6. The molecule has 2 unspecified atom stereocenters. The molecule has 100 valence electrons. The summed E-state index contributed by atoms with van der Waals surface area (Å²) >= 11 is 5.12. The fraction of sp³-hybridized carbons (Fsp3) is 0.929. The van der Waals surface area contributed by atoms with Gasteiger partial charge in [-0.05, 0) is 38.8 Å². The molecular formula is C14H28N2S. The lowest BCUT2D eigenvalue weighted by Gasteiger charge is -2.36. The van der Waals surface area contributed by atoms with Crippen LogP contribution in [-0.2, 0) is 0 Å². The van der Waals surface area contributed by atoms with E-state index >= 15 is 0 Å². The summed E-state index contributed by atoms with van der Waals surface area (Å²) in [4.78, 5) is 3.15. The van der Waals surface area contributed by atoms with Crippen molar-refractivity contribution >= 4 is 17.2 Å². The molecule has 0 aromatic heterocycles. The molecule has 0 aromatic carbocycles.